The Morgan fingerprint density at radius 3 is 1.50 bits per heavy atom. The van der Waals surface area contributed by atoms with E-state index < -0.39 is 42.3 Å². The highest BCUT2D eigenvalue weighted by Crippen LogP contribution is 2.40. The summed E-state index contributed by atoms with van der Waals surface area (Å²) in [7, 11) is 0. The number of benzene rings is 7. The lowest BCUT2D eigenvalue weighted by Gasteiger charge is -2.12. The maximum absolute atomic E-state index is 10.2. The van der Waals surface area contributed by atoms with Crippen LogP contribution in [0.25, 0.3) is 89.2 Å². The van der Waals surface area contributed by atoms with E-state index in [1.807, 2.05) is 109 Å². The van der Waals surface area contributed by atoms with Gasteiger partial charge in [0.15, 0.2) is 11.6 Å². The van der Waals surface area contributed by atoms with Gasteiger partial charge in [-0.05, 0) is 47.4 Å². The highest BCUT2D eigenvalue weighted by molar-refractivity contribution is 6.19. The highest BCUT2D eigenvalue weighted by atomic mass is 15.2. The van der Waals surface area contributed by atoms with Gasteiger partial charge in [-0.2, -0.15) is 9.97 Å². The molecule has 50 heavy (non-hydrogen) atoms. The van der Waals surface area contributed by atoms with Gasteiger partial charge in [-0.3, -0.25) is 4.57 Å². The van der Waals surface area contributed by atoms with Crippen molar-refractivity contribution in [1.82, 2.24) is 24.1 Å². The zero-order valence-corrected chi connectivity index (χ0v) is 26.2. The van der Waals surface area contributed by atoms with Gasteiger partial charge >= 0.3 is 0 Å². The van der Waals surface area contributed by atoms with Crippen LogP contribution in [0.4, 0.5) is 0 Å². The van der Waals surface area contributed by atoms with Crippen molar-refractivity contribution in [2.75, 3.05) is 0 Å². The summed E-state index contributed by atoms with van der Waals surface area (Å²) < 4.78 is 95.0. The summed E-state index contributed by atoms with van der Waals surface area (Å²) in [6.45, 7) is 0. The fourth-order valence-electron chi connectivity index (χ4n) is 6.52. The molecule has 0 atom stereocenters. The van der Waals surface area contributed by atoms with Gasteiger partial charge in [-0.25, -0.2) is 4.98 Å². The van der Waals surface area contributed by atoms with Crippen LogP contribution in [0.5, 0.6) is 0 Å². The number of para-hydroxylation sites is 2. The van der Waals surface area contributed by atoms with Gasteiger partial charge in [0.25, 0.3) is 0 Å². The Morgan fingerprint density at radius 2 is 0.900 bits per heavy atom. The smallest absolute Gasteiger partial charge is 0.238 e. The van der Waals surface area contributed by atoms with Crippen LogP contribution in [0.15, 0.2) is 176 Å². The van der Waals surface area contributed by atoms with Gasteiger partial charge in [0, 0.05) is 38.4 Å². The minimum atomic E-state index is -0.551. The van der Waals surface area contributed by atoms with E-state index >= 15 is 0 Å². The Balaban J connectivity index is 1.45. The molecule has 0 N–H and O–H groups in total. The quantitative estimate of drug-likeness (QED) is 0.186. The van der Waals surface area contributed by atoms with Crippen LogP contribution >= 0.6 is 0 Å². The number of aromatic nitrogens is 5. The van der Waals surface area contributed by atoms with Crippen molar-refractivity contribution in [2.24, 2.45) is 0 Å². The Labute approximate surface area is 302 Å². The zero-order chi connectivity index (χ0) is 41.7. The number of fused-ring (bicyclic) bond motifs is 6. The van der Waals surface area contributed by atoms with Gasteiger partial charge in [0.05, 0.1) is 35.8 Å². The van der Waals surface area contributed by atoms with E-state index in [1.54, 1.807) is 10.6 Å². The van der Waals surface area contributed by atoms with E-state index in [9.17, 15) is 8.22 Å². The molecule has 0 aliphatic carbocycles. The van der Waals surface area contributed by atoms with Crippen molar-refractivity contribution in [3.05, 3.63) is 176 Å². The monoisotopic (exact) mass is 649 g/mol. The van der Waals surface area contributed by atoms with E-state index in [4.69, 9.17) is 20.4 Å². The second kappa shape index (κ2) is 11.4. The van der Waals surface area contributed by atoms with Gasteiger partial charge in [-0.1, -0.05) is 139 Å². The first kappa shape index (κ1) is 19.8. The number of hydrogen-bond donors (Lipinski definition) is 0. The van der Waals surface area contributed by atoms with E-state index in [1.165, 1.54) is 4.57 Å². The van der Waals surface area contributed by atoms with Crippen molar-refractivity contribution in [1.29, 1.82) is 0 Å². The molecule has 0 spiro atoms. The van der Waals surface area contributed by atoms with E-state index in [2.05, 4.69) is 0 Å². The van der Waals surface area contributed by atoms with Crippen molar-refractivity contribution >= 4 is 43.6 Å². The number of nitrogens with zero attached hydrogens (tertiary/aromatic N) is 5. The van der Waals surface area contributed by atoms with Gasteiger partial charge in [-0.15, -0.1) is 0 Å². The van der Waals surface area contributed by atoms with Gasteiger partial charge in [0.1, 0.15) is 0 Å². The molecule has 0 radical (unpaired) electrons. The molecule has 0 saturated heterocycles. The second-order valence-corrected chi connectivity index (χ2v) is 11.7. The maximum atomic E-state index is 10.2. The summed E-state index contributed by atoms with van der Waals surface area (Å²) in [4.78, 5) is 14.6. The van der Waals surface area contributed by atoms with Crippen LogP contribution in [0.1, 0.15) is 13.7 Å². The molecule has 5 heteroatoms. The first-order chi connectivity index (χ1) is 29.0. The predicted octanol–water partition coefficient (Wildman–Crippen LogP) is 11.1. The zero-order valence-electron chi connectivity index (χ0n) is 36.2. The predicted molar refractivity (Wildman–Crippen MR) is 205 cm³/mol. The Kier molecular flexibility index (Phi) is 4.52. The molecular formula is C45H29N5. The van der Waals surface area contributed by atoms with Crippen LogP contribution < -0.4 is 0 Å². The molecule has 10 aromatic rings. The fourth-order valence-corrected chi connectivity index (χ4v) is 6.52. The molecule has 5 nitrogen and oxygen atoms in total. The van der Waals surface area contributed by atoms with Gasteiger partial charge in [0.2, 0.25) is 5.95 Å². The normalized spacial score (nSPS) is 14.4. The highest BCUT2D eigenvalue weighted by Gasteiger charge is 2.21. The lowest BCUT2D eigenvalue weighted by Crippen LogP contribution is -2.06. The van der Waals surface area contributed by atoms with E-state index in [0.717, 1.165) is 11.1 Å². The van der Waals surface area contributed by atoms with Crippen molar-refractivity contribution in [2.45, 2.75) is 0 Å². The third-order valence-electron chi connectivity index (χ3n) is 8.79. The molecule has 7 aromatic carbocycles. The molecule has 10 rings (SSSR count). The van der Waals surface area contributed by atoms with Crippen LogP contribution in [0.3, 0.4) is 0 Å². The largest absolute Gasteiger partial charge is 0.309 e. The lowest BCUT2D eigenvalue weighted by molar-refractivity contribution is 0.953. The van der Waals surface area contributed by atoms with Crippen molar-refractivity contribution in [3.63, 3.8) is 0 Å². The molecular weight excluding hydrogens is 611 g/mol. The molecule has 0 aliphatic heterocycles. The summed E-state index contributed by atoms with van der Waals surface area (Å²) in [6.07, 6.45) is 0. The van der Waals surface area contributed by atoms with Crippen molar-refractivity contribution < 1.29 is 13.7 Å². The third-order valence-corrected chi connectivity index (χ3v) is 8.79. The first-order valence-corrected chi connectivity index (χ1v) is 16.0. The standard InChI is InChI=1S/C45H29N5/c1-4-15-30(16-5-1)33-21-14-22-34(27-33)49-39-25-12-10-23-35(39)37-28-38-36-24-11-13-26-40(36)50(42(38)29-41(37)49)45-47-43(31-17-6-2-7-18-31)46-44(48-45)32-19-8-3-9-20-32/h1-29H/i10D,11D,12D,13D,23D,24D,25D,26D,28D,29D. The molecule has 0 unspecified atom stereocenters. The molecule has 0 bridgehead atoms. The van der Waals surface area contributed by atoms with Crippen LogP contribution in [-0.4, -0.2) is 24.1 Å². The minimum absolute atomic E-state index is 0.00105. The molecule has 0 amide bonds. The van der Waals surface area contributed by atoms with Crippen LogP contribution in [-0.2, 0) is 0 Å². The molecule has 0 aliphatic rings. The molecule has 0 saturated carbocycles. The van der Waals surface area contributed by atoms with E-state index in [-0.39, 0.29) is 79.3 Å². The second-order valence-electron chi connectivity index (χ2n) is 11.7. The molecule has 0 fully saturated rings. The first-order valence-electron chi connectivity index (χ1n) is 21.0. The summed E-state index contributed by atoms with van der Waals surface area (Å²) in [6, 6.07) is 30.9. The lowest BCUT2D eigenvalue weighted by atomic mass is 10.1. The average molecular weight is 650 g/mol. The number of hydrogen-bond acceptors (Lipinski definition) is 3. The average Bonchev–Trinajstić information content (AvgIpc) is 3.85. The molecule has 3 aromatic heterocycles. The maximum Gasteiger partial charge on any atom is 0.238 e. The fraction of sp³-hybridized carbons (Fsp3) is 0. The Bertz CT molecular complexity index is 3370. The summed E-state index contributed by atoms with van der Waals surface area (Å²) in [5.41, 5.74) is 3.45. The Hall–Kier alpha value is -6.85. The molecule has 3 heterocycles. The Morgan fingerprint density at radius 1 is 0.400 bits per heavy atom. The minimum Gasteiger partial charge on any atom is -0.309 e. The summed E-state index contributed by atoms with van der Waals surface area (Å²) in [5.74, 6) is 0.437. The van der Waals surface area contributed by atoms with Gasteiger partial charge < -0.3 is 4.57 Å². The van der Waals surface area contributed by atoms with Crippen molar-refractivity contribution in [3.8, 4) is 45.5 Å². The molecule has 234 valence electrons. The SMILES string of the molecule is [2H]c1c([2H])c([2H])c2c(c1[2H])c1c([2H])c3c4c([2H])c([2H])c([2H])c([2H])c4n(-c4nc(-c5ccccc5)nc(-c5ccccc5)n4)c3c([2H])c1n2-c1cccc(-c2ccccc2)c1. The van der Waals surface area contributed by atoms with Crippen LogP contribution in [0.2, 0.25) is 0 Å². The van der Waals surface area contributed by atoms with Crippen LogP contribution in [0, 0.1) is 0 Å². The summed E-state index contributed by atoms with van der Waals surface area (Å²) in [5, 5.41) is -0.0631. The summed E-state index contributed by atoms with van der Waals surface area (Å²) >= 11 is 0. The number of rotatable bonds is 5. The van der Waals surface area contributed by atoms with E-state index in [0.29, 0.717) is 16.8 Å². The topological polar surface area (TPSA) is 48.5 Å². The third kappa shape index (κ3) is 4.52.